The van der Waals surface area contributed by atoms with Gasteiger partial charge in [0.15, 0.2) is 0 Å². The van der Waals surface area contributed by atoms with Crippen LogP contribution in [0, 0.1) is 6.92 Å². The molecule has 0 bridgehead atoms. The van der Waals surface area contributed by atoms with Crippen LogP contribution in [-0.2, 0) is 14.0 Å². The fraction of sp³-hybridized carbons (Fsp3) is 0.455. The monoisotopic (exact) mass is 382 g/mol. The Bertz CT molecular complexity index is 756. The van der Waals surface area contributed by atoms with E-state index in [4.69, 9.17) is 14.0 Å². The van der Waals surface area contributed by atoms with Crippen LogP contribution in [0.4, 0.5) is 0 Å². The first-order valence-electron chi connectivity index (χ1n) is 9.66. The van der Waals surface area contributed by atoms with Crippen LogP contribution in [0.2, 0.25) is 13.1 Å². The van der Waals surface area contributed by atoms with Gasteiger partial charge in [0.1, 0.15) is 8.07 Å². The lowest BCUT2D eigenvalue weighted by Crippen LogP contribution is -2.50. The predicted molar refractivity (Wildman–Crippen MR) is 115 cm³/mol. The van der Waals surface area contributed by atoms with Crippen LogP contribution >= 0.6 is 0 Å². The summed E-state index contributed by atoms with van der Waals surface area (Å²) in [5, 5.41) is 1.35. The third-order valence-electron chi connectivity index (χ3n) is 6.03. The maximum absolute atomic E-state index is 6.55. The van der Waals surface area contributed by atoms with Crippen molar-refractivity contribution in [2.75, 3.05) is 0 Å². The molecule has 1 saturated heterocycles. The molecule has 1 heterocycles. The van der Waals surface area contributed by atoms with Crippen LogP contribution in [-0.4, -0.2) is 26.6 Å². The molecular weight excluding hydrogens is 351 g/mol. The molecule has 144 valence electrons. The van der Waals surface area contributed by atoms with Gasteiger partial charge in [-0.05, 0) is 40.2 Å². The molecule has 3 rings (SSSR count). The fourth-order valence-corrected chi connectivity index (χ4v) is 6.21. The highest BCUT2D eigenvalue weighted by Gasteiger charge is 2.54. The number of benzene rings is 2. The summed E-state index contributed by atoms with van der Waals surface area (Å²) >= 11 is 0. The van der Waals surface area contributed by atoms with Crippen LogP contribution in [0.15, 0.2) is 54.6 Å². The van der Waals surface area contributed by atoms with Crippen LogP contribution in [0.5, 0.6) is 0 Å². The third-order valence-corrected chi connectivity index (χ3v) is 9.63. The number of hydrogen-bond donors (Lipinski definition) is 0. The van der Waals surface area contributed by atoms with E-state index in [2.05, 4.69) is 102 Å². The van der Waals surface area contributed by atoms with Crippen LogP contribution < -0.4 is 5.19 Å². The summed E-state index contributed by atoms with van der Waals surface area (Å²) in [6, 6.07) is 19.3. The zero-order valence-electron chi connectivity index (χ0n) is 17.6. The summed E-state index contributed by atoms with van der Waals surface area (Å²) in [6.07, 6.45) is 0. The molecule has 0 N–H and O–H groups in total. The molecule has 0 aliphatic carbocycles. The Morgan fingerprint density at radius 2 is 1.37 bits per heavy atom. The zero-order valence-corrected chi connectivity index (χ0v) is 18.6. The minimum absolute atomic E-state index is 0.0739. The van der Waals surface area contributed by atoms with Gasteiger partial charge < -0.3 is 14.0 Å². The molecule has 0 saturated carbocycles. The van der Waals surface area contributed by atoms with Gasteiger partial charge in [-0.15, -0.1) is 0 Å². The van der Waals surface area contributed by atoms with Crippen molar-refractivity contribution in [3.8, 4) is 0 Å². The standard InChI is InChI=1S/C22H31BO3Si/c1-17-13-15-18(16-14-17)20(27(6,7)19-11-9-8-10-12-19)24-23-25-21(2,3)22(4,5)26-23/h8-16,20H,1-7H3. The van der Waals surface area contributed by atoms with Crippen molar-refractivity contribution in [3.63, 3.8) is 0 Å². The van der Waals surface area contributed by atoms with E-state index in [1.54, 1.807) is 0 Å². The highest BCUT2D eigenvalue weighted by molar-refractivity contribution is 6.90. The van der Waals surface area contributed by atoms with Gasteiger partial charge in [0.2, 0.25) is 0 Å². The van der Waals surface area contributed by atoms with E-state index in [-0.39, 0.29) is 5.73 Å². The van der Waals surface area contributed by atoms with E-state index in [1.165, 1.54) is 16.3 Å². The molecule has 2 aromatic carbocycles. The van der Waals surface area contributed by atoms with E-state index in [9.17, 15) is 0 Å². The average Bonchev–Trinajstić information content (AvgIpc) is 2.81. The lowest BCUT2D eigenvalue weighted by Gasteiger charge is -2.34. The molecule has 0 aromatic heterocycles. The van der Waals surface area contributed by atoms with Gasteiger partial charge in [0.05, 0.1) is 16.9 Å². The van der Waals surface area contributed by atoms with Gasteiger partial charge >= 0.3 is 7.32 Å². The lowest BCUT2D eigenvalue weighted by molar-refractivity contribution is 0.00578. The highest BCUT2D eigenvalue weighted by atomic mass is 28.3. The Balaban J connectivity index is 1.95. The third kappa shape index (κ3) is 4.07. The van der Waals surface area contributed by atoms with E-state index < -0.39 is 26.6 Å². The van der Waals surface area contributed by atoms with Crippen molar-refractivity contribution in [2.45, 2.75) is 64.6 Å². The minimum Gasteiger partial charge on any atom is -0.381 e. The molecule has 1 aliphatic heterocycles. The molecule has 1 atom stereocenters. The molecule has 0 spiro atoms. The second kappa shape index (κ2) is 7.21. The van der Waals surface area contributed by atoms with Crippen molar-refractivity contribution in [3.05, 3.63) is 65.7 Å². The van der Waals surface area contributed by atoms with E-state index in [0.29, 0.717) is 0 Å². The Hall–Kier alpha value is -1.40. The van der Waals surface area contributed by atoms with Crippen molar-refractivity contribution >= 4 is 20.6 Å². The molecule has 1 fully saturated rings. The van der Waals surface area contributed by atoms with Crippen molar-refractivity contribution in [2.24, 2.45) is 0 Å². The average molecular weight is 382 g/mol. The van der Waals surface area contributed by atoms with Crippen LogP contribution in [0.3, 0.4) is 0 Å². The summed E-state index contributed by atoms with van der Waals surface area (Å²) in [5.41, 5.74) is 1.53. The van der Waals surface area contributed by atoms with Gasteiger partial charge in [0, 0.05) is 0 Å². The molecule has 0 radical (unpaired) electrons. The summed E-state index contributed by atoms with van der Waals surface area (Å²) in [5.74, 6) is 0. The maximum atomic E-state index is 6.55. The fourth-order valence-electron chi connectivity index (χ4n) is 3.38. The van der Waals surface area contributed by atoms with Gasteiger partial charge in [-0.25, -0.2) is 0 Å². The SMILES string of the molecule is Cc1ccc(C(OB2OC(C)(C)C(C)(C)O2)[Si](C)(C)c2ccccc2)cc1. The largest absolute Gasteiger partial charge is 0.640 e. The summed E-state index contributed by atoms with van der Waals surface area (Å²) < 4.78 is 18.8. The second-order valence-electron chi connectivity index (χ2n) is 9.06. The van der Waals surface area contributed by atoms with Crippen molar-refractivity contribution in [1.29, 1.82) is 0 Å². The Labute approximate surface area is 165 Å². The van der Waals surface area contributed by atoms with Gasteiger partial charge in [-0.3, -0.25) is 0 Å². The predicted octanol–water partition coefficient (Wildman–Crippen LogP) is 4.80. The van der Waals surface area contributed by atoms with E-state index in [0.717, 1.165) is 0 Å². The smallest absolute Gasteiger partial charge is 0.381 e. The summed E-state index contributed by atoms with van der Waals surface area (Å²) in [6.45, 7) is 15.0. The summed E-state index contributed by atoms with van der Waals surface area (Å²) in [4.78, 5) is 0. The van der Waals surface area contributed by atoms with E-state index >= 15 is 0 Å². The van der Waals surface area contributed by atoms with Crippen molar-refractivity contribution < 1.29 is 14.0 Å². The Kier molecular flexibility index (Phi) is 5.43. The normalized spacial score (nSPS) is 19.9. The zero-order chi connectivity index (χ0) is 19.9. The first-order chi connectivity index (χ1) is 12.5. The van der Waals surface area contributed by atoms with Crippen LogP contribution in [0.25, 0.3) is 0 Å². The minimum atomic E-state index is -2.01. The van der Waals surface area contributed by atoms with Gasteiger partial charge in [0.25, 0.3) is 0 Å². The van der Waals surface area contributed by atoms with Gasteiger partial charge in [-0.2, -0.15) is 0 Å². The maximum Gasteiger partial charge on any atom is 0.640 e. The topological polar surface area (TPSA) is 27.7 Å². The number of hydrogen-bond acceptors (Lipinski definition) is 3. The first-order valence-corrected chi connectivity index (χ1v) is 12.7. The molecule has 0 amide bonds. The van der Waals surface area contributed by atoms with Crippen LogP contribution in [0.1, 0.15) is 44.5 Å². The second-order valence-corrected chi connectivity index (χ2v) is 13.6. The summed E-state index contributed by atoms with van der Waals surface area (Å²) in [7, 11) is -2.68. The Morgan fingerprint density at radius 3 is 1.89 bits per heavy atom. The molecular formula is C22H31BO3Si. The molecule has 5 heteroatoms. The molecule has 1 aliphatic rings. The Morgan fingerprint density at radius 1 is 0.852 bits per heavy atom. The molecule has 3 nitrogen and oxygen atoms in total. The lowest BCUT2D eigenvalue weighted by atomic mass is 9.90. The van der Waals surface area contributed by atoms with E-state index in [1.807, 2.05) is 0 Å². The van der Waals surface area contributed by atoms with Crippen molar-refractivity contribution in [1.82, 2.24) is 0 Å². The quantitative estimate of drug-likeness (QED) is 0.696. The molecule has 2 aromatic rings. The number of aryl methyl sites for hydroxylation is 1. The number of rotatable bonds is 5. The highest BCUT2D eigenvalue weighted by Crippen LogP contribution is 2.39. The molecule has 27 heavy (non-hydrogen) atoms. The first kappa shape index (κ1) is 20.3. The molecule has 1 unspecified atom stereocenters. The van der Waals surface area contributed by atoms with Gasteiger partial charge in [-0.1, -0.05) is 78.4 Å².